The Kier molecular flexibility index (Phi) is 4.01. The summed E-state index contributed by atoms with van der Waals surface area (Å²) in [5, 5.41) is 10.2. The average molecular weight is 326 g/mol. The van der Waals surface area contributed by atoms with Crippen LogP contribution in [-0.2, 0) is 0 Å². The number of anilines is 2. The molecule has 0 atom stereocenters. The number of amides is 2. The Labute approximate surface area is 140 Å². The number of rotatable bonds is 3. The maximum atomic E-state index is 12.3. The Morgan fingerprint density at radius 3 is 2.54 bits per heavy atom. The normalized spacial score (nSPS) is 11.2. The van der Waals surface area contributed by atoms with Gasteiger partial charge in [0.1, 0.15) is 5.65 Å². The third-order valence-electron chi connectivity index (χ3n) is 3.88. The summed E-state index contributed by atoms with van der Waals surface area (Å²) in [6, 6.07) is 3.66. The molecule has 0 saturated heterocycles. The Hall–Kier alpha value is -2.83. The number of hydrogen-bond acceptors (Lipinski definition) is 3. The van der Waals surface area contributed by atoms with Crippen LogP contribution in [0.1, 0.15) is 37.0 Å². The molecule has 7 nitrogen and oxygen atoms in total. The third-order valence-corrected chi connectivity index (χ3v) is 3.88. The van der Waals surface area contributed by atoms with Gasteiger partial charge >= 0.3 is 6.03 Å². The number of nitrogens with one attached hydrogen (secondary N) is 2. The lowest BCUT2D eigenvalue weighted by molar-refractivity contribution is 0.262. The molecule has 0 radical (unpaired) electrons. The second kappa shape index (κ2) is 5.99. The fraction of sp³-hybridized carbons (Fsp3) is 0.353. The SMILES string of the molecule is Cc1cn2cc(NC(=O)Nc3c(C)nn(C(C)C)c3C)ccc2n1. The fourth-order valence-corrected chi connectivity index (χ4v) is 2.82. The predicted molar refractivity (Wildman–Crippen MR) is 94.7 cm³/mol. The number of carbonyl (C=O) groups excluding carboxylic acids is 1. The maximum absolute atomic E-state index is 12.3. The van der Waals surface area contributed by atoms with E-state index < -0.39 is 0 Å². The lowest BCUT2D eigenvalue weighted by Crippen LogP contribution is -2.20. The zero-order chi connectivity index (χ0) is 17.4. The molecule has 3 aromatic rings. The Morgan fingerprint density at radius 1 is 1.12 bits per heavy atom. The molecule has 126 valence electrons. The highest BCUT2D eigenvalue weighted by atomic mass is 16.2. The zero-order valence-corrected chi connectivity index (χ0v) is 14.6. The molecule has 7 heteroatoms. The van der Waals surface area contributed by atoms with Crippen LogP contribution in [0.25, 0.3) is 5.65 Å². The number of imidazole rings is 1. The summed E-state index contributed by atoms with van der Waals surface area (Å²) in [6.45, 7) is 9.90. The molecular formula is C17H22N6O. The van der Waals surface area contributed by atoms with Gasteiger partial charge in [-0.25, -0.2) is 9.78 Å². The van der Waals surface area contributed by atoms with Gasteiger partial charge in [-0.3, -0.25) is 4.68 Å². The Morgan fingerprint density at radius 2 is 1.88 bits per heavy atom. The first-order valence-corrected chi connectivity index (χ1v) is 7.94. The van der Waals surface area contributed by atoms with Gasteiger partial charge in [-0.05, 0) is 46.8 Å². The van der Waals surface area contributed by atoms with Crippen molar-refractivity contribution in [2.24, 2.45) is 0 Å². The highest BCUT2D eigenvalue weighted by Gasteiger charge is 2.15. The Balaban J connectivity index is 1.77. The molecule has 0 unspecified atom stereocenters. The van der Waals surface area contributed by atoms with Crippen LogP contribution in [0.4, 0.5) is 16.2 Å². The maximum Gasteiger partial charge on any atom is 0.323 e. The first-order chi connectivity index (χ1) is 11.3. The minimum absolute atomic E-state index is 0.245. The quantitative estimate of drug-likeness (QED) is 0.771. The van der Waals surface area contributed by atoms with E-state index in [0.29, 0.717) is 5.69 Å². The van der Waals surface area contributed by atoms with Crippen LogP contribution in [0, 0.1) is 20.8 Å². The van der Waals surface area contributed by atoms with Crippen molar-refractivity contribution in [1.29, 1.82) is 0 Å². The summed E-state index contributed by atoms with van der Waals surface area (Å²) < 4.78 is 3.80. The molecular weight excluding hydrogens is 304 g/mol. The number of pyridine rings is 1. The van der Waals surface area contributed by atoms with E-state index in [1.54, 1.807) is 0 Å². The summed E-state index contributed by atoms with van der Waals surface area (Å²) in [7, 11) is 0. The number of aromatic nitrogens is 4. The van der Waals surface area contributed by atoms with Gasteiger partial charge in [0.25, 0.3) is 0 Å². The molecule has 2 N–H and O–H groups in total. The standard InChI is InChI=1S/C17H22N6O/c1-10(2)23-13(5)16(12(4)21-23)20-17(24)19-14-6-7-15-18-11(3)8-22(15)9-14/h6-10H,1-5H3,(H2,19,20,24). The summed E-state index contributed by atoms with van der Waals surface area (Å²) in [6.07, 6.45) is 3.76. The monoisotopic (exact) mass is 326 g/mol. The van der Waals surface area contributed by atoms with Gasteiger partial charge in [0, 0.05) is 18.4 Å². The first kappa shape index (κ1) is 16.0. The molecule has 0 saturated carbocycles. The lowest BCUT2D eigenvalue weighted by Gasteiger charge is -2.10. The fourth-order valence-electron chi connectivity index (χ4n) is 2.82. The zero-order valence-electron chi connectivity index (χ0n) is 14.6. The van der Waals surface area contributed by atoms with Crippen LogP contribution in [0.15, 0.2) is 24.5 Å². The minimum atomic E-state index is -0.291. The van der Waals surface area contributed by atoms with Gasteiger partial charge in [-0.2, -0.15) is 5.10 Å². The van der Waals surface area contributed by atoms with Crippen molar-refractivity contribution >= 4 is 23.1 Å². The number of aryl methyl sites for hydroxylation is 2. The molecule has 2 amide bonds. The molecule has 3 rings (SSSR count). The number of hydrogen-bond donors (Lipinski definition) is 2. The van der Waals surface area contributed by atoms with E-state index in [4.69, 9.17) is 0 Å². The number of fused-ring (bicyclic) bond motifs is 1. The number of carbonyl (C=O) groups is 1. The molecule has 0 aliphatic carbocycles. The predicted octanol–water partition coefficient (Wildman–Crippen LogP) is 3.68. The summed E-state index contributed by atoms with van der Waals surface area (Å²) >= 11 is 0. The third kappa shape index (κ3) is 2.97. The van der Waals surface area contributed by atoms with Crippen molar-refractivity contribution < 1.29 is 4.79 Å². The Bertz CT molecular complexity index is 905. The van der Waals surface area contributed by atoms with E-state index in [1.807, 2.05) is 54.4 Å². The van der Waals surface area contributed by atoms with Gasteiger partial charge in [-0.15, -0.1) is 0 Å². The largest absolute Gasteiger partial charge is 0.323 e. The van der Waals surface area contributed by atoms with Gasteiger partial charge in [0.2, 0.25) is 0 Å². The van der Waals surface area contributed by atoms with Gasteiger partial charge in [0.05, 0.1) is 28.5 Å². The first-order valence-electron chi connectivity index (χ1n) is 7.94. The van der Waals surface area contributed by atoms with Crippen molar-refractivity contribution in [1.82, 2.24) is 19.2 Å². The minimum Gasteiger partial charge on any atom is -0.306 e. The van der Waals surface area contributed by atoms with Crippen molar-refractivity contribution in [3.8, 4) is 0 Å². The molecule has 0 fully saturated rings. The van der Waals surface area contributed by atoms with Crippen molar-refractivity contribution in [2.75, 3.05) is 10.6 Å². The average Bonchev–Trinajstić information content (AvgIpc) is 3.00. The molecule has 0 aliphatic heterocycles. The summed E-state index contributed by atoms with van der Waals surface area (Å²) in [4.78, 5) is 16.7. The summed E-state index contributed by atoms with van der Waals surface area (Å²) in [5.41, 5.74) is 4.98. The van der Waals surface area contributed by atoms with E-state index in [2.05, 4.69) is 34.6 Å². The van der Waals surface area contributed by atoms with Crippen LogP contribution in [0.5, 0.6) is 0 Å². The van der Waals surface area contributed by atoms with Crippen molar-refractivity contribution in [3.05, 3.63) is 41.6 Å². The highest BCUT2D eigenvalue weighted by molar-refractivity contribution is 6.00. The molecule has 0 aromatic carbocycles. The van der Waals surface area contributed by atoms with E-state index in [9.17, 15) is 4.79 Å². The van der Waals surface area contributed by atoms with Gasteiger partial charge in [-0.1, -0.05) is 0 Å². The number of urea groups is 1. The smallest absolute Gasteiger partial charge is 0.306 e. The van der Waals surface area contributed by atoms with E-state index in [-0.39, 0.29) is 12.1 Å². The second-order valence-corrected chi connectivity index (χ2v) is 6.23. The van der Waals surface area contributed by atoms with Crippen LogP contribution < -0.4 is 10.6 Å². The van der Waals surface area contributed by atoms with Crippen LogP contribution >= 0.6 is 0 Å². The molecule has 0 aliphatic rings. The van der Waals surface area contributed by atoms with Crippen molar-refractivity contribution in [2.45, 2.75) is 40.7 Å². The van der Waals surface area contributed by atoms with E-state index >= 15 is 0 Å². The summed E-state index contributed by atoms with van der Waals surface area (Å²) in [5.74, 6) is 0. The topological polar surface area (TPSA) is 76.2 Å². The van der Waals surface area contributed by atoms with Crippen LogP contribution in [-0.4, -0.2) is 25.2 Å². The van der Waals surface area contributed by atoms with E-state index in [0.717, 1.165) is 28.4 Å². The van der Waals surface area contributed by atoms with Gasteiger partial charge in [0.15, 0.2) is 0 Å². The molecule has 0 bridgehead atoms. The lowest BCUT2D eigenvalue weighted by atomic mass is 10.3. The van der Waals surface area contributed by atoms with E-state index in [1.165, 1.54) is 0 Å². The second-order valence-electron chi connectivity index (χ2n) is 6.23. The molecule has 3 aromatic heterocycles. The molecule has 24 heavy (non-hydrogen) atoms. The highest BCUT2D eigenvalue weighted by Crippen LogP contribution is 2.22. The van der Waals surface area contributed by atoms with Crippen LogP contribution in [0.2, 0.25) is 0 Å². The van der Waals surface area contributed by atoms with Crippen molar-refractivity contribution in [3.63, 3.8) is 0 Å². The molecule has 0 spiro atoms. The number of nitrogens with zero attached hydrogens (tertiary/aromatic N) is 4. The van der Waals surface area contributed by atoms with Gasteiger partial charge < -0.3 is 15.0 Å². The van der Waals surface area contributed by atoms with Crippen LogP contribution in [0.3, 0.4) is 0 Å². The molecule has 3 heterocycles.